The van der Waals surface area contributed by atoms with Gasteiger partial charge in [0, 0.05) is 26.5 Å². The molecule has 1 atom stereocenters. The molecule has 0 saturated heterocycles. The Kier molecular flexibility index (Phi) is 5.75. The van der Waals surface area contributed by atoms with Crippen molar-refractivity contribution in [2.24, 2.45) is 0 Å². The van der Waals surface area contributed by atoms with Gasteiger partial charge in [-0.05, 0) is 25.0 Å². The lowest BCUT2D eigenvalue weighted by Gasteiger charge is -2.38. The predicted octanol–water partition coefficient (Wildman–Crippen LogP) is 1.44. The Morgan fingerprint density at radius 3 is 2.68 bits per heavy atom. The molecule has 1 aromatic rings. The van der Waals surface area contributed by atoms with Gasteiger partial charge in [-0.2, -0.15) is 0 Å². The number of nitrogens with one attached hydrogen (secondary N) is 1. The average molecular weight is 349 g/mol. The second kappa shape index (κ2) is 8.01. The van der Waals surface area contributed by atoms with Crippen LogP contribution < -0.4 is 5.32 Å². The van der Waals surface area contributed by atoms with E-state index in [9.17, 15) is 9.59 Å². The molecule has 1 N–H and O–H groups in total. The van der Waals surface area contributed by atoms with Crippen molar-refractivity contribution in [3.05, 3.63) is 24.0 Å². The number of rotatable bonds is 6. The molecule has 2 heterocycles. The van der Waals surface area contributed by atoms with E-state index in [-0.39, 0.29) is 30.9 Å². The molecule has 138 valence electrons. The van der Waals surface area contributed by atoms with Gasteiger partial charge < -0.3 is 24.3 Å². The summed E-state index contributed by atoms with van der Waals surface area (Å²) in [5.41, 5.74) is 0.832. The van der Waals surface area contributed by atoms with Gasteiger partial charge >= 0.3 is 0 Å². The third kappa shape index (κ3) is 3.88. The number of hydrogen-bond donors (Lipinski definition) is 1. The van der Waals surface area contributed by atoms with Crippen LogP contribution in [0.25, 0.3) is 0 Å². The summed E-state index contributed by atoms with van der Waals surface area (Å²) >= 11 is 0. The van der Waals surface area contributed by atoms with E-state index >= 15 is 0 Å². The minimum absolute atomic E-state index is 0.105. The van der Waals surface area contributed by atoms with Crippen LogP contribution in [0.15, 0.2) is 18.3 Å². The van der Waals surface area contributed by atoms with E-state index in [2.05, 4.69) is 5.32 Å². The summed E-state index contributed by atoms with van der Waals surface area (Å²) in [6, 6.07) is 3.33. The second-order valence-corrected chi connectivity index (χ2v) is 6.75. The zero-order chi connectivity index (χ0) is 17.8. The summed E-state index contributed by atoms with van der Waals surface area (Å²) in [5.74, 6) is -0.225. The summed E-state index contributed by atoms with van der Waals surface area (Å²) < 4.78 is 12.3. The predicted molar refractivity (Wildman–Crippen MR) is 91.7 cm³/mol. The van der Waals surface area contributed by atoms with Crippen molar-refractivity contribution in [3.63, 3.8) is 0 Å². The maximum absolute atomic E-state index is 13.0. The molecule has 0 bridgehead atoms. The van der Waals surface area contributed by atoms with Crippen LogP contribution in [0.1, 0.15) is 43.8 Å². The van der Waals surface area contributed by atoms with E-state index in [0.717, 1.165) is 31.4 Å². The molecular weight excluding hydrogens is 322 g/mol. The third-order valence-corrected chi connectivity index (χ3v) is 5.15. The highest BCUT2D eigenvalue weighted by Gasteiger charge is 2.39. The van der Waals surface area contributed by atoms with Gasteiger partial charge in [0.2, 0.25) is 11.8 Å². The number of fused-ring (bicyclic) bond motifs is 1. The first-order chi connectivity index (χ1) is 12.1. The van der Waals surface area contributed by atoms with E-state index in [0.29, 0.717) is 0 Å². The molecular formula is C18H27N3O4. The van der Waals surface area contributed by atoms with Gasteiger partial charge in [-0.1, -0.05) is 19.3 Å². The number of carbonyl (C=O) groups is 2. The van der Waals surface area contributed by atoms with E-state index < -0.39 is 12.3 Å². The van der Waals surface area contributed by atoms with Crippen molar-refractivity contribution in [1.82, 2.24) is 14.8 Å². The fourth-order valence-corrected chi connectivity index (χ4v) is 3.78. The summed E-state index contributed by atoms with van der Waals surface area (Å²) in [7, 11) is 3.06. The lowest BCUT2D eigenvalue weighted by molar-refractivity contribution is -0.157. The Morgan fingerprint density at radius 2 is 2.00 bits per heavy atom. The van der Waals surface area contributed by atoms with Gasteiger partial charge in [-0.25, -0.2) is 0 Å². The molecule has 0 aromatic carbocycles. The number of amides is 2. The topological polar surface area (TPSA) is 72.8 Å². The van der Waals surface area contributed by atoms with Crippen molar-refractivity contribution in [2.45, 2.75) is 57.0 Å². The van der Waals surface area contributed by atoms with Crippen molar-refractivity contribution < 1.29 is 19.1 Å². The Labute approximate surface area is 148 Å². The first kappa shape index (κ1) is 17.9. The van der Waals surface area contributed by atoms with Crippen LogP contribution in [0.3, 0.4) is 0 Å². The summed E-state index contributed by atoms with van der Waals surface area (Å²) in [6.45, 7) is 0.454. The fraction of sp³-hybridized carbons (Fsp3) is 0.667. The van der Waals surface area contributed by atoms with E-state index in [4.69, 9.17) is 9.47 Å². The monoisotopic (exact) mass is 349 g/mol. The molecule has 0 spiro atoms. The molecule has 1 fully saturated rings. The average Bonchev–Trinajstić information content (AvgIpc) is 3.07. The fourth-order valence-electron chi connectivity index (χ4n) is 3.78. The lowest BCUT2D eigenvalue weighted by atomic mass is 9.95. The quantitative estimate of drug-likeness (QED) is 0.789. The highest BCUT2D eigenvalue weighted by molar-refractivity contribution is 5.90. The van der Waals surface area contributed by atoms with Crippen molar-refractivity contribution in [2.75, 3.05) is 20.8 Å². The Balaban J connectivity index is 1.82. The SMILES string of the molecule is COC(CN1C(=O)Cn2cccc2[C@H]1C(=O)NC1CCCCC1)OC. The van der Waals surface area contributed by atoms with E-state index in [1.54, 1.807) is 4.90 Å². The molecule has 7 nitrogen and oxygen atoms in total. The Bertz CT molecular complexity index is 605. The van der Waals surface area contributed by atoms with Crippen molar-refractivity contribution in [3.8, 4) is 0 Å². The number of aromatic nitrogens is 1. The highest BCUT2D eigenvalue weighted by atomic mass is 16.7. The maximum Gasteiger partial charge on any atom is 0.249 e. The second-order valence-electron chi connectivity index (χ2n) is 6.75. The standard InChI is InChI=1S/C18H27N3O4/c1-24-16(25-2)12-21-15(22)11-20-10-6-9-14(20)17(21)18(23)19-13-7-4-3-5-8-13/h6,9-10,13,16-17H,3-5,7-8,11-12H2,1-2H3,(H,19,23)/t17-/m0/s1. The number of nitrogens with zero attached hydrogens (tertiary/aromatic N) is 2. The first-order valence-corrected chi connectivity index (χ1v) is 8.94. The molecule has 1 aromatic heterocycles. The molecule has 0 radical (unpaired) electrons. The van der Waals surface area contributed by atoms with Crippen LogP contribution in [-0.4, -0.2) is 54.4 Å². The molecule has 1 saturated carbocycles. The lowest BCUT2D eigenvalue weighted by Crippen LogP contribution is -2.53. The van der Waals surface area contributed by atoms with Crippen LogP contribution in [0.5, 0.6) is 0 Å². The van der Waals surface area contributed by atoms with Gasteiger partial charge in [0.15, 0.2) is 12.3 Å². The normalized spacial score (nSPS) is 21.5. The zero-order valence-electron chi connectivity index (χ0n) is 14.9. The molecule has 2 amide bonds. The van der Waals surface area contributed by atoms with Gasteiger partial charge in [-0.3, -0.25) is 9.59 Å². The Morgan fingerprint density at radius 1 is 1.28 bits per heavy atom. The van der Waals surface area contributed by atoms with Gasteiger partial charge in [0.05, 0.1) is 12.2 Å². The molecule has 1 aliphatic heterocycles. The molecule has 1 aliphatic carbocycles. The molecule has 3 rings (SSSR count). The van der Waals surface area contributed by atoms with Crippen molar-refractivity contribution >= 4 is 11.8 Å². The molecule has 7 heteroatoms. The van der Waals surface area contributed by atoms with Crippen LogP contribution >= 0.6 is 0 Å². The number of methoxy groups -OCH3 is 2. The minimum Gasteiger partial charge on any atom is -0.354 e. The summed E-state index contributed by atoms with van der Waals surface area (Å²) in [6.07, 6.45) is 6.81. The van der Waals surface area contributed by atoms with Crippen LogP contribution in [-0.2, 0) is 25.6 Å². The number of ether oxygens (including phenoxy) is 2. The summed E-state index contributed by atoms with van der Waals surface area (Å²) in [4.78, 5) is 27.3. The maximum atomic E-state index is 13.0. The Hall–Kier alpha value is -1.86. The van der Waals surface area contributed by atoms with Gasteiger partial charge in [0.25, 0.3) is 0 Å². The minimum atomic E-state index is -0.647. The smallest absolute Gasteiger partial charge is 0.249 e. The summed E-state index contributed by atoms with van der Waals surface area (Å²) in [5, 5.41) is 3.15. The van der Waals surface area contributed by atoms with E-state index in [1.807, 2.05) is 22.9 Å². The molecule has 0 unspecified atom stereocenters. The zero-order valence-corrected chi connectivity index (χ0v) is 14.9. The number of carbonyl (C=O) groups excluding carboxylic acids is 2. The molecule has 2 aliphatic rings. The largest absolute Gasteiger partial charge is 0.354 e. The van der Waals surface area contributed by atoms with Crippen LogP contribution in [0, 0.1) is 0 Å². The molecule has 25 heavy (non-hydrogen) atoms. The van der Waals surface area contributed by atoms with Crippen LogP contribution in [0.2, 0.25) is 0 Å². The van der Waals surface area contributed by atoms with Gasteiger partial charge in [0.1, 0.15) is 6.54 Å². The van der Waals surface area contributed by atoms with Crippen LogP contribution in [0.4, 0.5) is 0 Å². The first-order valence-electron chi connectivity index (χ1n) is 8.94. The third-order valence-electron chi connectivity index (χ3n) is 5.15. The highest BCUT2D eigenvalue weighted by Crippen LogP contribution is 2.28. The van der Waals surface area contributed by atoms with Crippen molar-refractivity contribution in [1.29, 1.82) is 0 Å². The number of hydrogen-bond acceptors (Lipinski definition) is 4. The van der Waals surface area contributed by atoms with E-state index in [1.165, 1.54) is 20.6 Å². The van der Waals surface area contributed by atoms with Gasteiger partial charge in [-0.15, -0.1) is 0 Å².